The first-order valence-electron chi connectivity index (χ1n) is 3.29. The third-order valence-corrected chi connectivity index (χ3v) is 1.23. The summed E-state index contributed by atoms with van der Waals surface area (Å²) in [5.41, 5.74) is 0.784. The molecule has 2 N–H and O–H groups in total. The van der Waals surface area contributed by atoms with E-state index in [4.69, 9.17) is 0 Å². The molecule has 1 radical (unpaired) electrons. The maximum Gasteiger partial charge on any atom is 0.216 e. The molecule has 0 aliphatic rings. The van der Waals surface area contributed by atoms with Gasteiger partial charge in [0.2, 0.25) is 6.29 Å². The van der Waals surface area contributed by atoms with Crippen LogP contribution in [-0.2, 0) is 11.3 Å². The summed E-state index contributed by atoms with van der Waals surface area (Å²) in [7, 11) is 0. The van der Waals surface area contributed by atoms with Gasteiger partial charge in [-0.25, -0.2) is 0 Å². The Labute approximate surface area is 64.2 Å². The van der Waals surface area contributed by atoms with Gasteiger partial charge in [-0.15, -0.1) is 5.10 Å². The fourth-order valence-electron chi connectivity index (χ4n) is 0.611. The van der Waals surface area contributed by atoms with Gasteiger partial charge >= 0.3 is 0 Å². The van der Waals surface area contributed by atoms with Gasteiger partial charge < -0.3 is 5.32 Å². The smallest absolute Gasteiger partial charge is 0.216 e. The van der Waals surface area contributed by atoms with Gasteiger partial charge in [0.25, 0.3) is 0 Å². The zero-order chi connectivity index (χ0) is 8.10. The van der Waals surface area contributed by atoms with Crippen LogP contribution in [0.4, 0.5) is 0 Å². The number of nitrogens with one attached hydrogen (secondary N) is 2. The van der Waals surface area contributed by atoms with E-state index in [1.165, 1.54) is 0 Å². The molecule has 1 aromatic rings. The summed E-state index contributed by atoms with van der Waals surface area (Å²) in [6.45, 7) is 2.26. The van der Waals surface area contributed by atoms with Gasteiger partial charge in [-0.1, -0.05) is 5.21 Å². The van der Waals surface area contributed by atoms with E-state index in [1.54, 1.807) is 13.1 Å². The third kappa shape index (κ3) is 2.46. The lowest BCUT2D eigenvalue weighted by Crippen LogP contribution is -2.26. The van der Waals surface area contributed by atoms with Gasteiger partial charge in [0.05, 0.1) is 11.7 Å². The molecule has 1 aromatic heterocycles. The number of rotatable bonds is 4. The van der Waals surface area contributed by atoms with Crippen LogP contribution in [0.5, 0.6) is 0 Å². The fraction of sp³-hybridized carbons (Fsp3) is 0.500. The van der Waals surface area contributed by atoms with E-state index in [9.17, 15) is 4.79 Å². The first-order chi connectivity index (χ1) is 5.33. The van der Waals surface area contributed by atoms with E-state index < -0.39 is 0 Å². The fourth-order valence-corrected chi connectivity index (χ4v) is 0.611. The van der Waals surface area contributed by atoms with Crippen LogP contribution >= 0.6 is 0 Å². The van der Waals surface area contributed by atoms with Crippen molar-refractivity contribution in [2.45, 2.75) is 19.5 Å². The van der Waals surface area contributed by atoms with Crippen LogP contribution in [0.2, 0.25) is 0 Å². The topological polar surface area (TPSA) is 70.7 Å². The van der Waals surface area contributed by atoms with Crippen molar-refractivity contribution >= 4 is 6.29 Å². The van der Waals surface area contributed by atoms with Crippen LogP contribution in [-0.4, -0.2) is 27.7 Å². The molecular weight excluding hydrogens is 144 g/mol. The molecule has 0 spiro atoms. The maximum atomic E-state index is 10.0. The van der Waals surface area contributed by atoms with Crippen LogP contribution in [0.25, 0.3) is 0 Å². The molecule has 0 aliphatic heterocycles. The Bertz CT molecular complexity index is 208. The Morgan fingerprint density at radius 3 is 3.27 bits per heavy atom. The minimum Gasteiger partial charge on any atom is -0.301 e. The highest BCUT2D eigenvalue weighted by atomic mass is 16.1. The molecule has 5 heteroatoms. The Balaban J connectivity index is 2.28. The highest BCUT2D eigenvalue weighted by Crippen LogP contribution is 1.87. The SMILES string of the molecule is CC([C]=O)NCc1c[nH]nn1. The Morgan fingerprint density at radius 1 is 1.91 bits per heavy atom. The molecule has 0 amide bonds. The number of nitrogens with zero attached hydrogens (tertiary/aromatic N) is 2. The molecular formula is C6H9N4O. The normalized spacial score (nSPS) is 12.8. The average molecular weight is 153 g/mol. The minimum absolute atomic E-state index is 0.258. The molecule has 1 atom stereocenters. The van der Waals surface area contributed by atoms with Crippen molar-refractivity contribution in [1.82, 2.24) is 20.7 Å². The lowest BCUT2D eigenvalue weighted by Gasteiger charge is -2.01. The molecule has 11 heavy (non-hydrogen) atoms. The van der Waals surface area contributed by atoms with Crippen LogP contribution in [0, 0.1) is 0 Å². The van der Waals surface area contributed by atoms with Crippen molar-refractivity contribution in [2.24, 2.45) is 0 Å². The lowest BCUT2D eigenvalue weighted by molar-refractivity contribution is 0.523. The summed E-state index contributed by atoms with van der Waals surface area (Å²) in [6.07, 6.45) is 3.48. The summed E-state index contributed by atoms with van der Waals surface area (Å²) in [5, 5.41) is 12.7. The van der Waals surface area contributed by atoms with Crippen molar-refractivity contribution in [3.05, 3.63) is 11.9 Å². The summed E-state index contributed by atoms with van der Waals surface area (Å²) >= 11 is 0. The van der Waals surface area contributed by atoms with Crippen LogP contribution in [0.1, 0.15) is 12.6 Å². The minimum atomic E-state index is -0.258. The average Bonchev–Trinajstić information content (AvgIpc) is 2.52. The molecule has 0 saturated heterocycles. The third-order valence-electron chi connectivity index (χ3n) is 1.23. The van der Waals surface area contributed by atoms with Crippen molar-refractivity contribution in [1.29, 1.82) is 0 Å². The number of aromatic nitrogens is 3. The summed E-state index contributed by atoms with van der Waals surface area (Å²) < 4.78 is 0. The van der Waals surface area contributed by atoms with E-state index >= 15 is 0 Å². The van der Waals surface area contributed by atoms with Crippen molar-refractivity contribution < 1.29 is 4.79 Å². The molecule has 5 nitrogen and oxygen atoms in total. The first-order valence-corrected chi connectivity index (χ1v) is 3.29. The number of hydrogen-bond donors (Lipinski definition) is 2. The van der Waals surface area contributed by atoms with Gasteiger partial charge in [-0.3, -0.25) is 9.89 Å². The van der Waals surface area contributed by atoms with Gasteiger partial charge in [-0.2, -0.15) is 0 Å². The summed E-state index contributed by atoms with van der Waals surface area (Å²) in [5.74, 6) is 0. The Hall–Kier alpha value is -1.23. The number of aromatic amines is 1. The molecule has 59 valence electrons. The Kier molecular flexibility index (Phi) is 2.74. The molecule has 1 unspecified atom stereocenters. The predicted molar refractivity (Wildman–Crippen MR) is 38.4 cm³/mol. The summed E-state index contributed by atoms with van der Waals surface area (Å²) in [4.78, 5) is 10.0. The van der Waals surface area contributed by atoms with Gasteiger partial charge in [0, 0.05) is 12.7 Å². The molecule has 1 heterocycles. The molecule has 0 aliphatic carbocycles. The standard InChI is InChI=1S/C6H9N4O/c1-5(4-11)7-2-6-3-8-10-9-6/h3,5,7H,2H2,1H3,(H,8,9,10). The highest BCUT2D eigenvalue weighted by molar-refractivity contribution is 5.57. The van der Waals surface area contributed by atoms with Crippen molar-refractivity contribution in [3.63, 3.8) is 0 Å². The van der Waals surface area contributed by atoms with E-state index in [1.807, 2.05) is 6.29 Å². The number of H-pyrrole nitrogens is 1. The first kappa shape index (κ1) is 7.87. The van der Waals surface area contributed by atoms with E-state index in [2.05, 4.69) is 20.7 Å². The quantitative estimate of drug-likeness (QED) is 0.605. The van der Waals surface area contributed by atoms with E-state index in [0.717, 1.165) is 5.69 Å². The molecule has 0 saturated carbocycles. The van der Waals surface area contributed by atoms with Crippen LogP contribution in [0.15, 0.2) is 6.20 Å². The second kappa shape index (κ2) is 3.82. The van der Waals surface area contributed by atoms with Gasteiger partial charge in [0.15, 0.2) is 0 Å². The largest absolute Gasteiger partial charge is 0.301 e. The number of carbonyl (C=O) groups excluding carboxylic acids is 1. The highest BCUT2D eigenvalue weighted by Gasteiger charge is 2.00. The van der Waals surface area contributed by atoms with E-state index in [-0.39, 0.29) is 6.04 Å². The summed E-state index contributed by atoms with van der Waals surface area (Å²) in [6, 6.07) is -0.258. The van der Waals surface area contributed by atoms with Crippen molar-refractivity contribution in [3.8, 4) is 0 Å². The van der Waals surface area contributed by atoms with Gasteiger partial charge in [0.1, 0.15) is 0 Å². The molecule has 0 bridgehead atoms. The molecule has 0 aromatic carbocycles. The van der Waals surface area contributed by atoms with Crippen LogP contribution in [0.3, 0.4) is 0 Å². The second-order valence-electron chi connectivity index (χ2n) is 2.19. The maximum absolute atomic E-state index is 10.0. The van der Waals surface area contributed by atoms with Gasteiger partial charge in [-0.05, 0) is 6.92 Å². The Morgan fingerprint density at radius 2 is 2.73 bits per heavy atom. The van der Waals surface area contributed by atoms with E-state index in [0.29, 0.717) is 6.54 Å². The predicted octanol–water partition coefficient (Wildman–Crippen LogP) is -0.608. The lowest BCUT2D eigenvalue weighted by atomic mass is 10.3. The second-order valence-corrected chi connectivity index (χ2v) is 2.19. The van der Waals surface area contributed by atoms with Crippen LogP contribution < -0.4 is 5.32 Å². The molecule has 1 rings (SSSR count). The monoisotopic (exact) mass is 153 g/mol. The molecule has 0 fully saturated rings. The van der Waals surface area contributed by atoms with Crippen molar-refractivity contribution in [2.75, 3.05) is 0 Å². The number of hydrogen-bond acceptors (Lipinski definition) is 4. The zero-order valence-electron chi connectivity index (χ0n) is 6.16. The zero-order valence-corrected chi connectivity index (χ0v) is 6.16.